The Hall–Kier alpha value is -0.640. The lowest BCUT2D eigenvalue weighted by Crippen LogP contribution is -2.41. The van der Waals surface area contributed by atoms with Crippen LogP contribution in [0.3, 0.4) is 0 Å². The summed E-state index contributed by atoms with van der Waals surface area (Å²) >= 11 is 5.80. The van der Waals surface area contributed by atoms with E-state index in [0.717, 1.165) is 12.0 Å². The molecule has 1 saturated carbocycles. The molecule has 2 atom stereocenters. The average Bonchev–Trinajstić information content (AvgIpc) is 3.18. The lowest BCUT2D eigenvalue weighted by molar-refractivity contribution is 0.0534. The minimum atomic E-state index is -0.369. The summed E-state index contributed by atoms with van der Waals surface area (Å²) in [6.45, 7) is 0. The molecule has 0 aliphatic heterocycles. The molecule has 0 bridgehead atoms. The Morgan fingerprint density at radius 3 is 2.72 bits per heavy atom. The molecular formula is C14H19ClFNO. The molecule has 1 aliphatic carbocycles. The van der Waals surface area contributed by atoms with Gasteiger partial charge in [0.25, 0.3) is 0 Å². The summed E-state index contributed by atoms with van der Waals surface area (Å²) in [4.78, 5) is 0. The zero-order chi connectivity index (χ0) is 13.1. The Morgan fingerprint density at radius 2 is 2.22 bits per heavy atom. The van der Waals surface area contributed by atoms with Crippen LogP contribution in [0.15, 0.2) is 18.2 Å². The van der Waals surface area contributed by atoms with E-state index in [1.165, 1.54) is 18.9 Å². The molecule has 0 heterocycles. The number of ether oxygens (including phenoxy) is 1. The van der Waals surface area contributed by atoms with Crippen LogP contribution in [0.25, 0.3) is 0 Å². The van der Waals surface area contributed by atoms with E-state index in [9.17, 15) is 4.39 Å². The summed E-state index contributed by atoms with van der Waals surface area (Å²) in [6.07, 6.45) is 3.49. The highest BCUT2D eigenvalue weighted by atomic mass is 35.5. The molecule has 18 heavy (non-hydrogen) atoms. The third-order valence-corrected chi connectivity index (χ3v) is 3.86. The number of benzene rings is 1. The minimum absolute atomic E-state index is 0.183. The topological polar surface area (TPSA) is 21.3 Å². The van der Waals surface area contributed by atoms with Gasteiger partial charge in [0, 0.05) is 13.2 Å². The fourth-order valence-electron chi connectivity index (χ4n) is 2.41. The van der Waals surface area contributed by atoms with Crippen LogP contribution in [0, 0.1) is 11.7 Å². The van der Waals surface area contributed by atoms with E-state index >= 15 is 0 Å². The second kappa shape index (κ2) is 6.00. The van der Waals surface area contributed by atoms with Gasteiger partial charge in [0.2, 0.25) is 0 Å². The van der Waals surface area contributed by atoms with E-state index in [-0.39, 0.29) is 23.0 Å². The summed E-state index contributed by atoms with van der Waals surface area (Å²) in [7, 11) is 3.69. The third-order valence-electron chi connectivity index (χ3n) is 3.57. The standard InChI is InChI=1S/C14H19ClFNO/c1-17-13(14(18-2)10-4-5-10)8-9-3-6-12(16)11(15)7-9/h3,6-7,10,13-14,17H,4-5,8H2,1-2H3. The molecule has 0 amide bonds. The van der Waals surface area contributed by atoms with Crippen molar-refractivity contribution in [2.24, 2.45) is 5.92 Å². The molecule has 0 spiro atoms. The monoisotopic (exact) mass is 271 g/mol. The second-order valence-corrected chi connectivity index (χ2v) is 5.29. The number of halogens is 2. The molecule has 0 saturated heterocycles. The highest BCUT2D eigenvalue weighted by molar-refractivity contribution is 6.30. The van der Waals surface area contributed by atoms with Gasteiger partial charge in [0.05, 0.1) is 11.1 Å². The lowest BCUT2D eigenvalue weighted by atomic mass is 9.98. The Bertz CT molecular complexity index is 409. The third kappa shape index (κ3) is 3.22. The SMILES string of the molecule is CNC(Cc1ccc(F)c(Cl)c1)C(OC)C1CC1. The molecule has 2 nitrogen and oxygen atoms in total. The van der Waals surface area contributed by atoms with Crippen LogP contribution < -0.4 is 5.32 Å². The lowest BCUT2D eigenvalue weighted by Gasteiger charge is -2.26. The molecule has 1 fully saturated rings. The summed E-state index contributed by atoms with van der Waals surface area (Å²) < 4.78 is 18.7. The van der Waals surface area contributed by atoms with Crippen molar-refractivity contribution >= 4 is 11.6 Å². The van der Waals surface area contributed by atoms with Crippen molar-refractivity contribution in [1.82, 2.24) is 5.32 Å². The summed E-state index contributed by atoms with van der Waals surface area (Å²) in [5, 5.41) is 3.48. The molecule has 4 heteroatoms. The van der Waals surface area contributed by atoms with Gasteiger partial charge < -0.3 is 10.1 Å². The fourth-order valence-corrected chi connectivity index (χ4v) is 2.62. The molecule has 1 N–H and O–H groups in total. The fraction of sp³-hybridized carbons (Fsp3) is 0.571. The molecule has 1 aromatic rings. The van der Waals surface area contributed by atoms with Crippen LogP contribution in [0.4, 0.5) is 4.39 Å². The highest BCUT2D eigenvalue weighted by Crippen LogP contribution is 2.36. The van der Waals surface area contributed by atoms with Crippen molar-refractivity contribution < 1.29 is 9.13 Å². The second-order valence-electron chi connectivity index (χ2n) is 4.89. The van der Waals surface area contributed by atoms with E-state index in [1.54, 1.807) is 19.2 Å². The molecule has 2 unspecified atom stereocenters. The van der Waals surface area contributed by atoms with Gasteiger partial charge >= 0.3 is 0 Å². The maximum absolute atomic E-state index is 13.1. The zero-order valence-electron chi connectivity index (χ0n) is 10.7. The first-order valence-electron chi connectivity index (χ1n) is 6.29. The van der Waals surface area contributed by atoms with Gasteiger partial charge in [-0.25, -0.2) is 4.39 Å². The van der Waals surface area contributed by atoms with Gasteiger partial charge in [0.15, 0.2) is 0 Å². The number of methoxy groups -OCH3 is 1. The van der Waals surface area contributed by atoms with Crippen molar-refractivity contribution in [2.75, 3.05) is 14.2 Å². The Balaban J connectivity index is 2.06. The molecule has 2 rings (SSSR count). The van der Waals surface area contributed by atoms with Crippen LogP contribution in [0.2, 0.25) is 5.02 Å². The van der Waals surface area contributed by atoms with E-state index in [2.05, 4.69) is 5.32 Å². The highest BCUT2D eigenvalue weighted by Gasteiger charge is 2.36. The Labute approximate surface area is 112 Å². The molecular weight excluding hydrogens is 253 g/mol. The number of hydrogen-bond donors (Lipinski definition) is 1. The first-order valence-corrected chi connectivity index (χ1v) is 6.67. The predicted molar refractivity (Wildman–Crippen MR) is 71.5 cm³/mol. The minimum Gasteiger partial charge on any atom is -0.380 e. The largest absolute Gasteiger partial charge is 0.380 e. The molecule has 0 radical (unpaired) electrons. The summed E-state index contributed by atoms with van der Waals surface area (Å²) in [6, 6.07) is 5.14. The van der Waals surface area contributed by atoms with E-state index < -0.39 is 0 Å². The Kier molecular flexibility index (Phi) is 4.60. The van der Waals surface area contributed by atoms with Crippen LogP contribution in [-0.4, -0.2) is 26.3 Å². The number of hydrogen-bond acceptors (Lipinski definition) is 2. The van der Waals surface area contributed by atoms with E-state index in [1.807, 2.05) is 7.05 Å². The van der Waals surface area contributed by atoms with Crippen molar-refractivity contribution in [1.29, 1.82) is 0 Å². The first kappa shape index (κ1) is 13.8. The molecule has 100 valence electrons. The van der Waals surface area contributed by atoms with Gasteiger partial charge in [-0.05, 0) is 49.9 Å². The van der Waals surface area contributed by atoms with Crippen LogP contribution in [0.5, 0.6) is 0 Å². The van der Waals surface area contributed by atoms with Crippen LogP contribution >= 0.6 is 11.6 Å². The number of rotatable bonds is 6. The van der Waals surface area contributed by atoms with Crippen LogP contribution in [-0.2, 0) is 11.2 Å². The molecule has 1 aliphatic rings. The molecule has 1 aromatic carbocycles. The summed E-state index contributed by atoms with van der Waals surface area (Å²) in [5.41, 5.74) is 1.03. The van der Waals surface area contributed by atoms with Crippen LogP contribution in [0.1, 0.15) is 18.4 Å². The average molecular weight is 272 g/mol. The zero-order valence-corrected chi connectivity index (χ0v) is 11.5. The van der Waals surface area contributed by atoms with Crippen molar-refractivity contribution in [3.63, 3.8) is 0 Å². The van der Waals surface area contributed by atoms with Gasteiger partial charge in [-0.2, -0.15) is 0 Å². The Morgan fingerprint density at radius 1 is 1.50 bits per heavy atom. The summed E-state index contributed by atoms with van der Waals surface area (Å²) in [5.74, 6) is 0.287. The van der Waals surface area contributed by atoms with Crippen molar-refractivity contribution in [3.8, 4) is 0 Å². The van der Waals surface area contributed by atoms with Gasteiger partial charge in [0.1, 0.15) is 5.82 Å². The van der Waals surface area contributed by atoms with Gasteiger partial charge in [-0.15, -0.1) is 0 Å². The predicted octanol–water partition coefficient (Wildman–Crippen LogP) is 3.03. The maximum atomic E-state index is 13.1. The van der Waals surface area contributed by atoms with Gasteiger partial charge in [-0.1, -0.05) is 17.7 Å². The quantitative estimate of drug-likeness (QED) is 0.859. The van der Waals surface area contributed by atoms with Crippen molar-refractivity contribution in [2.45, 2.75) is 31.4 Å². The maximum Gasteiger partial charge on any atom is 0.141 e. The smallest absolute Gasteiger partial charge is 0.141 e. The van der Waals surface area contributed by atoms with Gasteiger partial charge in [-0.3, -0.25) is 0 Å². The van der Waals surface area contributed by atoms with E-state index in [0.29, 0.717) is 5.92 Å². The number of likely N-dealkylation sites (N-methyl/N-ethyl adjacent to an activating group) is 1. The first-order chi connectivity index (χ1) is 8.65. The normalized spacial score (nSPS) is 18.7. The van der Waals surface area contributed by atoms with E-state index in [4.69, 9.17) is 16.3 Å². The van der Waals surface area contributed by atoms with Crippen molar-refractivity contribution in [3.05, 3.63) is 34.6 Å². The molecule has 0 aromatic heterocycles. The number of nitrogens with one attached hydrogen (secondary N) is 1.